The first-order valence-electron chi connectivity index (χ1n) is 5.88. The topological polar surface area (TPSA) is 29.3 Å². The minimum atomic E-state index is -0.00561. The van der Waals surface area contributed by atoms with Gasteiger partial charge < -0.3 is 10.6 Å². The van der Waals surface area contributed by atoms with Crippen molar-refractivity contribution in [1.29, 1.82) is 0 Å². The van der Waals surface area contributed by atoms with Gasteiger partial charge in [-0.1, -0.05) is 45.8 Å². The number of nitrogens with two attached hydrogens (primary N) is 1. The predicted octanol–water partition coefficient (Wildman–Crippen LogP) is 2.81. The molecule has 0 rings (SSSR count). The van der Waals surface area contributed by atoms with E-state index in [0.717, 1.165) is 13.0 Å². The lowest BCUT2D eigenvalue weighted by Gasteiger charge is -2.26. The van der Waals surface area contributed by atoms with Crippen molar-refractivity contribution in [1.82, 2.24) is 4.90 Å². The third-order valence-corrected chi connectivity index (χ3v) is 3.48. The zero-order valence-electron chi connectivity index (χ0n) is 10.7. The average molecular weight is 230 g/mol. The Morgan fingerprint density at radius 3 is 2.33 bits per heavy atom. The molecule has 0 amide bonds. The fourth-order valence-electron chi connectivity index (χ4n) is 1.34. The van der Waals surface area contributed by atoms with E-state index in [1.807, 2.05) is 0 Å². The third kappa shape index (κ3) is 6.85. The van der Waals surface area contributed by atoms with Crippen LogP contribution in [-0.4, -0.2) is 30.0 Å². The maximum absolute atomic E-state index is 5.69. The summed E-state index contributed by atoms with van der Waals surface area (Å²) in [5.74, 6) is 0. The fourth-order valence-corrected chi connectivity index (χ4v) is 1.44. The SMILES string of the molecule is CCCCCN(C)CCC(C)(C)C(N)=S. The van der Waals surface area contributed by atoms with E-state index < -0.39 is 0 Å². The van der Waals surface area contributed by atoms with E-state index in [1.165, 1.54) is 25.8 Å². The molecule has 0 aliphatic heterocycles. The van der Waals surface area contributed by atoms with Crippen LogP contribution >= 0.6 is 12.2 Å². The van der Waals surface area contributed by atoms with Gasteiger partial charge in [0.05, 0.1) is 4.99 Å². The van der Waals surface area contributed by atoms with Crippen molar-refractivity contribution in [3.05, 3.63) is 0 Å². The summed E-state index contributed by atoms with van der Waals surface area (Å²) in [4.78, 5) is 3.00. The Labute approximate surface area is 100 Å². The number of rotatable bonds is 8. The molecule has 0 spiro atoms. The highest BCUT2D eigenvalue weighted by Crippen LogP contribution is 2.20. The van der Waals surface area contributed by atoms with Crippen LogP contribution in [0.2, 0.25) is 0 Å². The smallest absolute Gasteiger partial charge is 0.0784 e. The maximum Gasteiger partial charge on any atom is 0.0784 e. The van der Waals surface area contributed by atoms with Crippen LogP contribution in [-0.2, 0) is 0 Å². The minimum Gasteiger partial charge on any atom is -0.393 e. The number of hydrogen-bond donors (Lipinski definition) is 1. The van der Waals surface area contributed by atoms with Gasteiger partial charge >= 0.3 is 0 Å². The first-order valence-corrected chi connectivity index (χ1v) is 6.29. The van der Waals surface area contributed by atoms with Crippen LogP contribution in [0.3, 0.4) is 0 Å². The van der Waals surface area contributed by atoms with Crippen LogP contribution < -0.4 is 5.73 Å². The first-order chi connectivity index (χ1) is 6.90. The third-order valence-electron chi connectivity index (χ3n) is 2.93. The number of hydrogen-bond acceptors (Lipinski definition) is 2. The summed E-state index contributed by atoms with van der Waals surface area (Å²) in [6.45, 7) is 8.73. The van der Waals surface area contributed by atoms with Crippen LogP contribution in [0.4, 0.5) is 0 Å². The lowest BCUT2D eigenvalue weighted by Crippen LogP contribution is -2.34. The van der Waals surface area contributed by atoms with Crippen molar-refractivity contribution in [3.8, 4) is 0 Å². The van der Waals surface area contributed by atoms with Crippen LogP contribution in [0.15, 0.2) is 0 Å². The van der Waals surface area contributed by atoms with Crippen LogP contribution in [0.25, 0.3) is 0 Å². The summed E-state index contributed by atoms with van der Waals surface area (Å²) >= 11 is 5.05. The van der Waals surface area contributed by atoms with Crippen molar-refractivity contribution in [2.24, 2.45) is 11.1 Å². The molecule has 0 radical (unpaired) electrons. The Morgan fingerprint density at radius 2 is 1.87 bits per heavy atom. The quantitative estimate of drug-likeness (QED) is 0.513. The standard InChI is InChI=1S/C12H26N2S/c1-5-6-7-9-14(4)10-8-12(2,3)11(13)15/h5-10H2,1-4H3,(H2,13,15). The second kappa shape index (κ2) is 7.18. The van der Waals surface area contributed by atoms with E-state index in [2.05, 4.69) is 32.7 Å². The first kappa shape index (κ1) is 14.8. The number of thiocarbonyl (C=S) groups is 1. The highest BCUT2D eigenvalue weighted by atomic mass is 32.1. The van der Waals surface area contributed by atoms with Gasteiger partial charge in [0.25, 0.3) is 0 Å². The molecular formula is C12H26N2S. The molecule has 2 nitrogen and oxygen atoms in total. The molecule has 2 N–H and O–H groups in total. The maximum atomic E-state index is 5.69. The molecular weight excluding hydrogens is 204 g/mol. The molecule has 0 aromatic heterocycles. The normalized spacial score (nSPS) is 12.1. The Balaban J connectivity index is 3.70. The molecule has 0 fully saturated rings. The van der Waals surface area contributed by atoms with Crippen LogP contribution in [0.5, 0.6) is 0 Å². The predicted molar refractivity (Wildman–Crippen MR) is 72.2 cm³/mol. The highest BCUT2D eigenvalue weighted by molar-refractivity contribution is 7.80. The molecule has 0 bridgehead atoms. The van der Waals surface area contributed by atoms with E-state index in [-0.39, 0.29) is 5.41 Å². The van der Waals surface area contributed by atoms with E-state index >= 15 is 0 Å². The fraction of sp³-hybridized carbons (Fsp3) is 0.917. The molecule has 90 valence electrons. The Bertz CT molecular complexity index is 190. The number of unbranched alkanes of at least 4 members (excludes halogenated alkanes) is 2. The molecule has 0 saturated heterocycles. The van der Waals surface area contributed by atoms with Gasteiger partial charge in [0.15, 0.2) is 0 Å². The zero-order valence-corrected chi connectivity index (χ0v) is 11.5. The summed E-state index contributed by atoms with van der Waals surface area (Å²) < 4.78 is 0. The largest absolute Gasteiger partial charge is 0.393 e. The molecule has 3 heteroatoms. The molecule has 0 saturated carbocycles. The van der Waals surface area contributed by atoms with Crippen LogP contribution in [0, 0.1) is 5.41 Å². The summed E-state index contributed by atoms with van der Waals surface area (Å²) in [5, 5.41) is 0. The van der Waals surface area contributed by atoms with Gasteiger partial charge in [0.1, 0.15) is 0 Å². The second-order valence-electron chi connectivity index (χ2n) is 5.01. The lowest BCUT2D eigenvalue weighted by molar-refractivity contribution is 0.287. The highest BCUT2D eigenvalue weighted by Gasteiger charge is 2.21. The van der Waals surface area contributed by atoms with E-state index in [4.69, 9.17) is 18.0 Å². The van der Waals surface area contributed by atoms with Crippen LogP contribution in [0.1, 0.15) is 46.5 Å². The molecule has 0 atom stereocenters. The molecule has 0 aromatic carbocycles. The summed E-state index contributed by atoms with van der Waals surface area (Å²) in [7, 11) is 2.17. The molecule has 15 heavy (non-hydrogen) atoms. The van der Waals surface area contributed by atoms with Crippen molar-refractivity contribution >= 4 is 17.2 Å². The Morgan fingerprint density at radius 1 is 1.27 bits per heavy atom. The van der Waals surface area contributed by atoms with E-state index in [1.54, 1.807) is 0 Å². The van der Waals surface area contributed by atoms with E-state index in [9.17, 15) is 0 Å². The summed E-state index contributed by atoms with van der Waals surface area (Å²) in [6, 6.07) is 0. The van der Waals surface area contributed by atoms with Crippen molar-refractivity contribution in [2.45, 2.75) is 46.5 Å². The lowest BCUT2D eigenvalue weighted by atomic mass is 9.89. The molecule has 0 heterocycles. The molecule has 0 aromatic rings. The van der Waals surface area contributed by atoms with Crippen molar-refractivity contribution in [2.75, 3.05) is 20.1 Å². The van der Waals surface area contributed by atoms with E-state index in [0.29, 0.717) is 4.99 Å². The van der Waals surface area contributed by atoms with Gasteiger partial charge in [-0.25, -0.2) is 0 Å². The minimum absolute atomic E-state index is 0.00561. The number of nitrogens with zero attached hydrogens (tertiary/aromatic N) is 1. The van der Waals surface area contributed by atoms with Gasteiger partial charge in [-0.05, 0) is 33.0 Å². The molecule has 0 unspecified atom stereocenters. The Hall–Kier alpha value is -0.150. The van der Waals surface area contributed by atoms with Gasteiger partial charge in [-0.3, -0.25) is 0 Å². The van der Waals surface area contributed by atoms with Crippen molar-refractivity contribution in [3.63, 3.8) is 0 Å². The molecule has 0 aliphatic carbocycles. The van der Waals surface area contributed by atoms with Gasteiger partial charge in [0.2, 0.25) is 0 Å². The van der Waals surface area contributed by atoms with Crippen molar-refractivity contribution < 1.29 is 0 Å². The second-order valence-corrected chi connectivity index (χ2v) is 5.45. The summed E-state index contributed by atoms with van der Waals surface area (Å²) in [5.41, 5.74) is 5.69. The monoisotopic (exact) mass is 230 g/mol. The zero-order chi connectivity index (χ0) is 11.9. The average Bonchev–Trinajstić information content (AvgIpc) is 2.15. The van der Waals surface area contributed by atoms with Gasteiger partial charge in [0, 0.05) is 5.41 Å². The van der Waals surface area contributed by atoms with Gasteiger partial charge in [-0.15, -0.1) is 0 Å². The summed E-state index contributed by atoms with van der Waals surface area (Å²) in [6.07, 6.45) is 4.95. The Kier molecular flexibility index (Phi) is 7.11. The molecule has 0 aliphatic rings. The van der Waals surface area contributed by atoms with Gasteiger partial charge in [-0.2, -0.15) is 0 Å².